The molecule has 2 aromatic rings. The van der Waals surface area contributed by atoms with Crippen molar-refractivity contribution in [3.63, 3.8) is 0 Å². The van der Waals surface area contributed by atoms with Crippen LogP contribution in [-0.4, -0.2) is 51.1 Å². The summed E-state index contributed by atoms with van der Waals surface area (Å²) in [5.74, 6) is -0.526. The Morgan fingerprint density at radius 1 is 1.11 bits per heavy atom. The van der Waals surface area contributed by atoms with Crippen molar-refractivity contribution in [1.82, 2.24) is 14.4 Å². The first-order chi connectivity index (χ1) is 13.5. The van der Waals surface area contributed by atoms with E-state index < -0.39 is 0 Å². The number of amides is 3. The van der Waals surface area contributed by atoms with Gasteiger partial charge < -0.3 is 9.47 Å². The van der Waals surface area contributed by atoms with Gasteiger partial charge in [0.15, 0.2) is 0 Å². The zero-order valence-electron chi connectivity index (χ0n) is 15.9. The van der Waals surface area contributed by atoms with Gasteiger partial charge in [-0.05, 0) is 36.7 Å². The smallest absolute Gasteiger partial charge is 0.294 e. The summed E-state index contributed by atoms with van der Waals surface area (Å²) in [6, 6.07) is 7.92. The van der Waals surface area contributed by atoms with Crippen LogP contribution in [0.25, 0.3) is 17.0 Å². The number of hydrogen-bond acceptors (Lipinski definition) is 4. The Hall–Kier alpha value is -2.54. The Labute approximate surface area is 168 Å². The summed E-state index contributed by atoms with van der Waals surface area (Å²) in [7, 11) is 1.95. The number of carbonyl (C=O) groups is 3. The maximum absolute atomic E-state index is 12.8. The number of likely N-dealkylation sites (tertiary alicyclic amines) is 1. The van der Waals surface area contributed by atoms with Gasteiger partial charge in [0.2, 0.25) is 5.91 Å². The number of aryl methyl sites for hydroxylation is 1. The van der Waals surface area contributed by atoms with E-state index in [1.54, 1.807) is 11.0 Å². The molecule has 2 aliphatic rings. The molecule has 3 amide bonds. The van der Waals surface area contributed by atoms with Crippen molar-refractivity contribution in [2.75, 3.05) is 19.6 Å². The molecule has 0 aliphatic carbocycles. The summed E-state index contributed by atoms with van der Waals surface area (Å²) < 4.78 is 1.99. The number of hydrogen-bond donors (Lipinski definition) is 0. The molecule has 28 heavy (non-hydrogen) atoms. The molecule has 146 valence electrons. The van der Waals surface area contributed by atoms with E-state index in [1.807, 2.05) is 42.1 Å². The number of para-hydroxylation sites is 1. The molecule has 2 saturated heterocycles. The number of imide groups is 1. The second kappa shape index (κ2) is 7.83. The van der Waals surface area contributed by atoms with E-state index in [9.17, 15) is 14.4 Å². The summed E-state index contributed by atoms with van der Waals surface area (Å²) >= 11 is 0.906. The first-order valence-corrected chi connectivity index (χ1v) is 10.4. The van der Waals surface area contributed by atoms with Gasteiger partial charge in [-0.2, -0.15) is 0 Å². The monoisotopic (exact) mass is 397 g/mol. The van der Waals surface area contributed by atoms with Crippen molar-refractivity contribution in [3.05, 3.63) is 40.9 Å². The molecule has 1 aromatic carbocycles. The van der Waals surface area contributed by atoms with E-state index in [1.165, 1.54) is 0 Å². The Bertz CT molecular complexity index is 970. The van der Waals surface area contributed by atoms with Crippen LogP contribution in [0.3, 0.4) is 0 Å². The number of nitrogens with zero attached hydrogens (tertiary/aromatic N) is 3. The molecular formula is C21H23N3O3S. The highest BCUT2D eigenvalue weighted by Gasteiger charge is 2.37. The van der Waals surface area contributed by atoms with Gasteiger partial charge in [-0.3, -0.25) is 19.3 Å². The van der Waals surface area contributed by atoms with Crippen LogP contribution in [-0.2, 0) is 16.6 Å². The van der Waals surface area contributed by atoms with Crippen molar-refractivity contribution in [1.29, 1.82) is 0 Å². The molecule has 6 nitrogen and oxygen atoms in total. The van der Waals surface area contributed by atoms with Crippen molar-refractivity contribution in [2.24, 2.45) is 7.05 Å². The molecule has 0 unspecified atom stereocenters. The molecule has 2 fully saturated rings. The van der Waals surface area contributed by atoms with Crippen LogP contribution < -0.4 is 0 Å². The lowest BCUT2D eigenvalue weighted by Gasteiger charge is -2.22. The largest absolute Gasteiger partial charge is 0.350 e. The topological polar surface area (TPSA) is 62.6 Å². The highest BCUT2D eigenvalue weighted by atomic mass is 32.2. The van der Waals surface area contributed by atoms with Crippen LogP contribution >= 0.6 is 11.8 Å². The lowest BCUT2D eigenvalue weighted by molar-refractivity contribution is -0.135. The lowest BCUT2D eigenvalue weighted by atomic mass is 10.1. The van der Waals surface area contributed by atoms with Crippen LogP contribution in [0.5, 0.6) is 0 Å². The van der Waals surface area contributed by atoms with Crippen molar-refractivity contribution in [3.8, 4) is 0 Å². The fourth-order valence-corrected chi connectivity index (χ4v) is 4.65. The predicted octanol–water partition coefficient (Wildman–Crippen LogP) is 3.62. The third-order valence-corrected chi connectivity index (χ3v) is 6.25. The summed E-state index contributed by atoms with van der Waals surface area (Å²) in [5.41, 5.74) is 1.95. The molecule has 4 rings (SSSR count). The molecule has 0 radical (unpaired) electrons. The number of fused-ring (bicyclic) bond motifs is 1. The predicted molar refractivity (Wildman–Crippen MR) is 111 cm³/mol. The third kappa shape index (κ3) is 3.58. The van der Waals surface area contributed by atoms with Gasteiger partial charge in [-0.15, -0.1) is 0 Å². The fourth-order valence-electron chi connectivity index (χ4n) is 3.82. The molecule has 2 aliphatic heterocycles. The standard InChI is InChI=1S/C21H23N3O3S/c1-22-13-15(16-8-4-5-9-17(16)22)12-18-20(26)24(21(27)28-18)14-19(25)23-10-6-2-3-7-11-23/h4-5,8-9,12-13H,2-3,6-7,10-11,14H2,1H3/b18-12+. The summed E-state index contributed by atoms with van der Waals surface area (Å²) in [5, 5.41) is 0.650. The average molecular weight is 398 g/mol. The van der Waals surface area contributed by atoms with Gasteiger partial charge in [0.05, 0.1) is 4.91 Å². The minimum Gasteiger partial charge on any atom is -0.350 e. The molecule has 7 heteroatoms. The quantitative estimate of drug-likeness (QED) is 0.742. The van der Waals surface area contributed by atoms with E-state index >= 15 is 0 Å². The first-order valence-electron chi connectivity index (χ1n) is 9.62. The second-order valence-corrected chi connectivity index (χ2v) is 8.27. The molecular weight excluding hydrogens is 374 g/mol. The first kappa shape index (κ1) is 18.8. The van der Waals surface area contributed by atoms with Crippen molar-refractivity contribution < 1.29 is 14.4 Å². The van der Waals surface area contributed by atoms with E-state index in [4.69, 9.17) is 0 Å². The Kier molecular flexibility index (Phi) is 5.26. The van der Waals surface area contributed by atoms with Gasteiger partial charge in [0.1, 0.15) is 6.54 Å². The summed E-state index contributed by atoms with van der Waals surface area (Å²) in [4.78, 5) is 41.0. The zero-order valence-corrected chi connectivity index (χ0v) is 16.7. The van der Waals surface area contributed by atoms with E-state index in [0.29, 0.717) is 18.0 Å². The normalized spacial score (nSPS) is 19.7. The molecule has 0 saturated carbocycles. The summed E-state index contributed by atoms with van der Waals surface area (Å²) in [6.07, 6.45) is 7.91. The number of carbonyl (C=O) groups excluding carboxylic acids is 3. The van der Waals surface area contributed by atoms with Crippen LogP contribution in [0.15, 0.2) is 35.4 Å². The lowest BCUT2D eigenvalue weighted by Crippen LogP contribution is -2.42. The van der Waals surface area contributed by atoms with Gasteiger partial charge in [0.25, 0.3) is 11.1 Å². The van der Waals surface area contributed by atoms with E-state index in [-0.39, 0.29) is 23.6 Å². The Morgan fingerprint density at radius 2 is 1.82 bits per heavy atom. The number of aromatic nitrogens is 1. The second-order valence-electron chi connectivity index (χ2n) is 7.28. The number of thioether (sulfide) groups is 1. The SMILES string of the molecule is Cn1cc(/C=C2/SC(=O)N(CC(=O)N3CCCCCC3)C2=O)c2ccccc21. The van der Waals surface area contributed by atoms with Gasteiger partial charge in [-0.1, -0.05) is 31.0 Å². The minimum atomic E-state index is -0.383. The number of benzene rings is 1. The van der Waals surface area contributed by atoms with E-state index in [0.717, 1.165) is 58.8 Å². The summed E-state index contributed by atoms with van der Waals surface area (Å²) in [6.45, 7) is 1.25. The highest BCUT2D eigenvalue weighted by molar-refractivity contribution is 8.18. The van der Waals surface area contributed by atoms with Gasteiger partial charge in [0, 0.05) is 42.8 Å². The zero-order chi connectivity index (χ0) is 19.7. The van der Waals surface area contributed by atoms with Crippen LogP contribution in [0.4, 0.5) is 4.79 Å². The molecule has 0 bridgehead atoms. The average Bonchev–Trinajstić information content (AvgIpc) is 3.00. The van der Waals surface area contributed by atoms with Crippen molar-refractivity contribution in [2.45, 2.75) is 25.7 Å². The van der Waals surface area contributed by atoms with Crippen molar-refractivity contribution >= 4 is 45.8 Å². The maximum atomic E-state index is 12.8. The molecule has 3 heterocycles. The highest BCUT2D eigenvalue weighted by Crippen LogP contribution is 2.34. The molecule has 0 N–H and O–H groups in total. The van der Waals surface area contributed by atoms with Crippen LogP contribution in [0.2, 0.25) is 0 Å². The minimum absolute atomic E-state index is 0.143. The molecule has 0 atom stereocenters. The Balaban J connectivity index is 1.53. The molecule has 0 spiro atoms. The fraction of sp³-hybridized carbons (Fsp3) is 0.381. The third-order valence-electron chi connectivity index (χ3n) is 5.34. The molecule has 1 aromatic heterocycles. The van der Waals surface area contributed by atoms with Gasteiger partial charge in [-0.25, -0.2) is 0 Å². The number of rotatable bonds is 3. The van der Waals surface area contributed by atoms with Crippen LogP contribution in [0, 0.1) is 0 Å². The van der Waals surface area contributed by atoms with Gasteiger partial charge >= 0.3 is 0 Å². The van der Waals surface area contributed by atoms with E-state index in [2.05, 4.69) is 0 Å². The Morgan fingerprint density at radius 3 is 2.57 bits per heavy atom. The maximum Gasteiger partial charge on any atom is 0.294 e. The van der Waals surface area contributed by atoms with Crippen LogP contribution in [0.1, 0.15) is 31.2 Å².